The number of benzene rings is 2. The number of amides is 3. The van der Waals surface area contributed by atoms with E-state index in [1.54, 1.807) is 48.5 Å². The number of nitrogens with one attached hydrogen (secondary N) is 1. The van der Waals surface area contributed by atoms with E-state index in [4.69, 9.17) is 4.74 Å². The van der Waals surface area contributed by atoms with Gasteiger partial charge < -0.3 is 10.1 Å². The molecule has 0 atom stereocenters. The SMILES string of the molecule is CCCOC(=O)c1ccc(NC(=O)CCN2C(=O)c3ccccc3C2=O)cc1. The van der Waals surface area contributed by atoms with Crippen LogP contribution in [-0.2, 0) is 9.53 Å². The standard InChI is InChI=1S/C21H20N2O5/c1-2-13-28-21(27)14-7-9-15(10-8-14)22-18(24)11-12-23-19(25)16-5-3-4-6-17(16)20(23)26/h3-10H,2,11-13H2,1H3,(H,22,24). The third-order valence-electron chi connectivity index (χ3n) is 4.28. The number of hydrogen-bond donors (Lipinski definition) is 1. The van der Waals surface area contributed by atoms with Crippen LogP contribution in [-0.4, -0.2) is 41.7 Å². The van der Waals surface area contributed by atoms with Gasteiger partial charge in [-0.05, 0) is 42.8 Å². The molecule has 1 N–H and O–H groups in total. The lowest BCUT2D eigenvalue weighted by molar-refractivity contribution is -0.116. The number of anilines is 1. The molecule has 1 aliphatic heterocycles. The average Bonchev–Trinajstić information content (AvgIpc) is 2.95. The lowest BCUT2D eigenvalue weighted by Crippen LogP contribution is -2.32. The molecule has 0 unspecified atom stereocenters. The van der Waals surface area contributed by atoms with Gasteiger partial charge in [-0.3, -0.25) is 19.3 Å². The van der Waals surface area contributed by atoms with E-state index in [2.05, 4.69) is 5.32 Å². The quantitative estimate of drug-likeness (QED) is 0.589. The van der Waals surface area contributed by atoms with E-state index < -0.39 is 5.97 Å². The van der Waals surface area contributed by atoms with Crippen LogP contribution in [0.5, 0.6) is 0 Å². The van der Waals surface area contributed by atoms with Crippen molar-refractivity contribution in [2.24, 2.45) is 0 Å². The Balaban J connectivity index is 1.53. The van der Waals surface area contributed by atoms with Crippen molar-refractivity contribution in [3.8, 4) is 0 Å². The summed E-state index contributed by atoms with van der Waals surface area (Å²) >= 11 is 0. The third kappa shape index (κ3) is 4.09. The van der Waals surface area contributed by atoms with E-state index in [0.717, 1.165) is 11.3 Å². The summed E-state index contributed by atoms with van der Waals surface area (Å²) in [5.41, 5.74) is 1.63. The third-order valence-corrected chi connectivity index (χ3v) is 4.28. The second-order valence-electron chi connectivity index (χ2n) is 6.32. The molecule has 0 fully saturated rings. The van der Waals surface area contributed by atoms with Crippen molar-refractivity contribution < 1.29 is 23.9 Å². The molecule has 3 amide bonds. The second-order valence-corrected chi connectivity index (χ2v) is 6.32. The first-order valence-electron chi connectivity index (χ1n) is 9.03. The van der Waals surface area contributed by atoms with Crippen LogP contribution < -0.4 is 5.32 Å². The minimum Gasteiger partial charge on any atom is -0.462 e. The summed E-state index contributed by atoms with van der Waals surface area (Å²) in [6.07, 6.45) is 0.721. The van der Waals surface area contributed by atoms with Crippen LogP contribution in [0.4, 0.5) is 5.69 Å². The maximum absolute atomic E-state index is 12.3. The molecular weight excluding hydrogens is 360 g/mol. The molecule has 2 aromatic carbocycles. The number of hydrogen-bond acceptors (Lipinski definition) is 5. The van der Waals surface area contributed by atoms with Crippen molar-refractivity contribution in [1.29, 1.82) is 0 Å². The molecule has 144 valence electrons. The normalized spacial score (nSPS) is 12.7. The van der Waals surface area contributed by atoms with Gasteiger partial charge in [0, 0.05) is 18.7 Å². The first kappa shape index (κ1) is 19.3. The van der Waals surface area contributed by atoms with E-state index >= 15 is 0 Å². The Morgan fingerprint density at radius 2 is 1.57 bits per heavy atom. The van der Waals surface area contributed by atoms with Crippen LogP contribution in [0.1, 0.15) is 50.8 Å². The molecule has 0 aromatic heterocycles. The zero-order chi connectivity index (χ0) is 20.1. The molecule has 28 heavy (non-hydrogen) atoms. The van der Waals surface area contributed by atoms with Crippen molar-refractivity contribution in [2.45, 2.75) is 19.8 Å². The molecule has 7 nitrogen and oxygen atoms in total. The lowest BCUT2D eigenvalue weighted by atomic mass is 10.1. The number of rotatable bonds is 7. The predicted octanol–water partition coefficient (Wildman–Crippen LogP) is 2.88. The Labute approximate surface area is 162 Å². The van der Waals surface area contributed by atoms with Crippen molar-refractivity contribution in [1.82, 2.24) is 4.90 Å². The molecule has 0 radical (unpaired) electrons. The molecule has 0 bridgehead atoms. The van der Waals surface area contributed by atoms with Gasteiger partial charge in [0.25, 0.3) is 11.8 Å². The molecule has 3 rings (SSSR count). The molecule has 0 aliphatic carbocycles. The van der Waals surface area contributed by atoms with Crippen LogP contribution >= 0.6 is 0 Å². The lowest BCUT2D eigenvalue weighted by Gasteiger charge is -2.13. The van der Waals surface area contributed by atoms with E-state index in [-0.39, 0.29) is 30.7 Å². The van der Waals surface area contributed by atoms with Gasteiger partial charge in [-0.1, -0.05) is 19.1 Å². The molecule has 2 aromatic rings. The smallest absolute Gasteiger partial charge is 0.338 e. The van der Waals surface area contributed by atoms with Crippen LogP contribution in [0.25, 0.3) is 0 Å². The minimum atomic E-state index is -0.412. The highest BCUT2D eigenvalue weighted by Crippen LogP contribution is 2.22. The number of carbonyl (C=O) groups is 4. The van der Waals surface area contributed by atoms with Crippen molar-refractivity contribution in [3.05, 3.63) is 65.2 Å². The fourth-order valence-corrected chi connectivity index (χ4v) is 2.85. The first-order chi connectivity index (χ1) is 13.5. The van der Waals surface area contributed by atoms with Gasteiger partial charge in [-0.2, -0.15) is 0 Å². The highest BCUT2D eigenvalue weighted by atomic mass is 16.5. The number of fused-ring (bicyclic) bond motifs is 1. The number of esters is 1. The topological polar surface area (TPSA) is 92.8 Å². The largest absolute Gasteiger partial charge is 0.462 e. The van der Waals surface area contributed by atoms with Crippen molar-refractivity contribution in [2.75, 3.05) is 18.5 Å². The van der Waals surface area contributed by atoms with Crippen LogP contribution in [0.2, 0.25) is 0 Å². The molecule has 0 spiro atoms. The van der Waals surface area contributed by atoms with E-state index in [1.165, 1.54) is 0 Å². The van der Waals surface area contributed by atoms with Crippen molar-refractivity contribution in [3.63, 3.8) is 0 Å². The highest BCUT2D eigenvalue weighted by Gasteiger charge is 2.34. The predicted molar refractivity (Wildman–Crippen MR) is 102 cm³/mol. The summed E-state index contributed by atoms with van der Waals surface area (Å²) < 4.78 is 5.04. The summed E-state index contributed by atoms with van der Waals surface area (Å²) in [7, 11) is 0. The molecule has 1 aliphatic rings. The number of carbonyl (C=O) groups excluding carboxylic acids is 4. The van der Waals surface area contributed by atoms with E-state index in [9.17, 15) is 19.2 Å². The monoisotopic (exact) mass is 380 g/mol. The summed E-state index contributed by atoms with van der Waals surface area (Å²) in [6, 6.07) is 12.9. The Morgan fingerprint density at radius 1 is 0.964 bits per heavy atom. The van der Waals surface area contributed by atoms with Crippen LogP contribution in [0, 0.1) is 0 Å². The molecule has 0 saturated carbocycles. The molecule has 1 heterocycles. The average molecular weight is 380 g/mol. The molecular formula is C21H20N2O5. The fourth-order valence-electron chi connectivity index (χ4n) is 2.85. The molecule has 7 heteroatoms. The van der Waals surface area contributed by atoms with Gasteiger partial charge in [0.1, 0.15) is 0 Å². The zero-order valence-corrected chi connectivity index (χ0v) is 15.4. The minimum absolute atomic E-state index is 0.000390. The second kappa shape index (κ2) is 8.47. The molecule has 0 saturated heterocycles. The highest BCUT2D eigenvalue weighted by molar-refractivity contribution is 6.21. The summed E-state index contributed by atoms with van der Waals surface area (Å²) in [6.45, 7) is 2.27. The van der Waals surface area contributed by atoms with Gasteiger partial charge in [0.2, 0.25) is 5.91 Å². The Hall–Kier alpha value is -3.48. The Kier molecular flexibility index (Phi) is 5.84. The first-order valence-corrected chi connectivity index (χ1v) is 9.03. The fraction of sp³-hybridized carbons (Fsp3) is 0.238. The van der Waals surface area contributed by atoms with Crippen molar-refractivity contribution >= 4 is 29.4 Å². The van der Waals surface area contributed by atoms with Gasteiger partial charge in [0.15, 0.2) is 0 Å². The maximum Gasteiger partial charge on any atom is 0.338 e. The Bertz CT molecular complexity index is 886. The number of imide groups is 1. The zero-order valence-electron chi connectivity index (χ0n) is 15.4. The van der Waals surface area contributed by atoms with Crippen LogP contribution in [0.3, 0.4) is 0 Å². The maximum atomic E-state index is 12.3. The summed E-state index contributed by atoms with van der Waals surface area (Å²) in [5, 5.41) is 2.69. The van der Waals surface area contributed by atoms with Gasteiger partial charge in [0.05, 0.1) is 23.3 Å². The summed E-state index contributed by atoms with van der Waals surface area (Å²) in [5.74, 6) is -1.52. The van der Waals surface area contributed by atoms with Gasteiger partial charge in [-0.15, -0.1) is 0 Å². The number of ether oxygens (including phenoxy) is 1. The van der Waals surface area contributed by atoms with E-state index in [0.29, 0.717) is 29.0 Å². The van der Waals surface area contributed by atoms with Crippen LogP contribution in [0.15, 0.2) is 48.5 Å². The Morgan fingerprint density at radius 3 is 2.14 bits per heavy atom. The summed E-state index contributed by atoms with van der Waals surface area (Å²) in [4.78, 5) is 49.6. The van der Waals surface area contributed by atoms with E-state index in [1.807, 2.05) is 6.92 Å². The van der Waals surface area contributed by atoms with Gasteiger partial charge >= 0.3 is 5.97 Å². The van der Waals surface area contributed by atoms with Gasteiger partial charge in [-0.25, -0.2) is 4.79 Å². The number of nitrogens with zero attached hydrogens (tertiary/aromatic N) is 1.